The molecule has 2 saturated heterocycles. The first kappa shape index (κ1) is 14.7. The molecule has 0 aliphatic carbocycles. The highest BCUT2D eigenvalue weighted by molar-refractivity contribution is 6.00. The van der Waals surface area contributed by atoms with E-state index < -0.39 is 0 Å². The molecule has 2 aliphatic heterocycles. The third-order valence-corrected chi connectivity index (χ3v) is 5.27. The number of rotatable bonds is 2. The predicted octanol–water partition coefficient (Wildman–Crippen LogP) is 3.86. The lowest BCUT2D eigenvalue weighted by atomic mass is 9.99. The molecule has 1 atom stereocenters. The van der Waals surface area contributed by atoms with Crippen molar-refractivity contribution < 1.29 is 0 Å². The highest BCUT2D eigenvalue weighted by Crippen LogP contribution is 2.35. The lowest BCUT2D eigenvalue weighted by Gasteiger charge is -2.34. The zero-order chi connectivity index (χ0) is 15.6. The average Bonchev–Trinajstić information content (AvgIpc) is 2.61. The summed E-state index contributed by atoms with van der Waals surface area (Å²) >= 11 is 0. The largest absolute Gasteiger partial charge is 0.371 e. The van der Waals surface area contributed by atoms with Crippen LogP contribution in [-0.2, 0) is 0 Å². The summed E-state index contributed by atoms with van der Waals surface area (Å²) in [5.74, 6) is 1.89. The Morgan fingerprint density at radius 2 is 1.78 bits per heavy atom. The zero-order valence-corrected chi connectivity index (χ0v) is 14.0. The van der Waals surface area contributed by atoms with Gasteiger partial charge >= 0.3 is 0 Å². The van der Waals surface area contributed by atoms with Gasteiger partial charge < -0.3 is 9.80 Å². The SMILES string of the molecule is CC1CCCN(c2ncnc3cccc(N4CCCCC4)c23)C1. The van der Waals surface area contributed by atoms with E-state index in [9.17, 15) is 0 Å². The number of anilines is 2. The second-order valence-corrected chi connectivity index (χ2v) is 7.11. The van der Waals surface area contributed by atoms with E-state index in [2.05, 4.69) is 39.9 Å². The number of fused-ring (bicyclic) bond motifs is 1. The van der Waals surface area contributed by atoms with Gasteiger partial charge in [0.1, 0.15) is 12.1 Å². The van der Waals surface area contributed by atoms with Gasteiger partial charge in [-0.1, -0.05) is 13.0 Å². The van der Waals surface area contributed by atoms with Gasteiger partial charge in [-0.05, 0) is 50.2 Å². The van der Waals surface area contributed by atoms with Gasteiger partial charge in [0, 0.05) is 31.9 Å². The van der Waals surface area contributed by atoms with Crippen molar-refractivity contribution in [1.29, 1.82) is 0 Å². The van der Waals surface area contributed by atoms with Gasteiger partial charge in [0.2, 0.25) is 0 Å². The van der Waals surface area contributed by atoms with Crippen molar-refractivity contribution in [3.63, 3.8) is 0 Å². The van der Waals surface area contributed by atoms with Gasteiger partial charge in [0.25, 0.3) is 0 Å². The Morgan fingerprint density at radius 1 is 0.957 bits per heavy atom. The average molecular weight is 310 g/mol. The summed E-state index contributed by atoms with van der Waals surface area (Å²) in [6.45, 7) is 6.89. The highest BCUT2D eigenvalue weighted by atomic mass is 15.2. The maximum atomic E-state index is 4.71. The fourth-order valence-corrected chi connectivity index (χ4v) is 4.10. The van der Waals surface area contributed by atoms with Crippen LogP contribution in [0.5, 0.6) is 0 Å². The van der Waals surface area contributed by atoms with Crippen molar-refractivity contribution in [2.24, 2.45) is 5.92 Å². The summed E-state index contributed by atoms with van der Waals surface area (Å²) in [6.07, 6.45) is 8.27. The molecule has 122 valence electrons. The first-order valence-electron chi connectivity index (χ1n) is 9.06. The third-order valence-electron chi connectivity index (χ3n) is 5.27. The molecule has 1 unspecified atom stereocenters. The van der Waals surface area contributed by atoms with E-state index in [1.165, 1.54) is 43.2 Å². The van der Waals surface area contributed by atoms with Crippen molar-refractivity contribution >= 4 is 22.4 Å². The van der Waals surface area contributed by atoms with Crippen LogP contribution in [-0.4, -0.2) is 36.1 Å². The van der Waals surface area contributed by atoms with E-state index in [1.807, 2.05) is 0 Å². The molecule has 4 nitrogen and oxygen atoms in total. The van der Waals surface area contributed by atoms with Crippen LogP contribution in [0.25, 0.3) is 10.9 Å². The molecule has 0 radical (unpaired) electrons. The van der Waals surface area contributed by atoms with Gasteiger partial charge in [0.15, 0.2) is 0 Å². The number of nitrogens with zero attached hydrogens (tertiary/aromatic N) is 4. The summed E-state index contributed by atoms with van der Waals surface area (Å²) in [7, 11) is 0. The Hall–Kier alpha value is -1.84. The third kappa shape index (κ3) is 2.87. The minimum Gasteiger partial charge on any atom is -0.371 e. The summed E-state index contributed by atoms with van der Waals surface area (Å²) < 4.78 is 0. The summed E-state index contributed by atoms with van der Waals surface area (Å²) in [4.78, 5) is 14.3. The molecule has 0 amide bonds. The lowest BCUT2D eigenvalue weighted by molar-refractivity contribution is 0.445. The van der Waals surface area contributed by atoms with Crippen LogP contribution in [0, 0.1) is 5.92 Å². The van der Waals surface area contributed by atoms with Crippen LogP contribution in [0.15, 0.2) is 24.5 Å². The molecule has 1 aromatic carbocycles. The molecule has 2 aromatic rings. The number of aromatic nitrogens is 2. The van der Waals surface area contributed by atoms with Crippen molar-refractivity contribution in [3.8, 4) is 0 Å². The van der Waals surface area contributed by atoms with Crippen molar-refractivity contribution in [2.45, 2.75) is 39.0 Å². The van der Waals surface area contributed by atoms with Gasteiger partial charge in [-0.15, -0.1) is 0 Å². The van der Waals surface area contributed by atoms with Gasteiger partial charge in [-0.25, -0.2) is 9.97 Å². The van der Waals surface area contributed by atoms with E-state index in [0.717, 1.165) is 43.4 Å². The van der Waals surface area contributed by atoms with Gasteiger partial charge in [-0.3, -0.25) is 0 Å². The smallest absolute Gasteiger partial charge is 0.142 e. The Morgan fingerprint density at radius 3 is 2.61 bits per heavy atom. The van der Waals surface area contributed by atoms with Crippen LogP contribution in [0.4, 0.5) is 11.5 Å². The first-order chi connectivity index (χ1) is 11.3. The quantitative estimate of drug-likeness (QED) is 0.843. The molecule has 2 aliphatic rings. The van der Waals surface area contributed by atoms with Crippen molar-refractivity contribution in [2.75, 3.05) is 36.0 Å². The molecule has 4 heteroatoms. The number of hydrogen-bond acceptors (Lipinski definition) is 4. The molecule has 1 aromatic heterocycles. The van der Waals surface area contributed by atoms with Crippen molar-refractivity contribution in [1.82, 2.24) is 9.97 Å². The van der Waals surface area contributed by atoms with E-state index in [1.54, 1.807) is 6.33 Å². The Balaban J connectivity index is 1.80. The number of piperidine rings is 2. The molecule has 0 bridgehead atoms. The van der Waals surface area contributed by atoms with Crippen LogP contribution < -0.4 is 9.80 Å². The van der Waals surface area contributed by atoms with E-state index in [-0.39, 0.29) is 0 Å². The number of benzene rings is 1. The monoisotopic (exact) mass is 310 g/mol. The van der Waals surface area contributed by atoms with Crippen LogP contribution in [0.2, 0.25) is 0 Å². The minimum atomic E-state index is 0.746. The normalized spacial score (nSPS) is 22.6. The Bertz CT molecular complexity index is 673. The summed E-state index contributed by atoms with van der Waals surface area (Å²) in [5, 5.41) is 1.26. The zero-order valence-electron chi connectivity index (χ0n) is 14.0. The van der Waals surface area contributed by atoms with Crippen LogP contribution in [0.1, 0.15) is 39.0 Å². The maximum Gasteiger partial charge on any atom is 0.142 e. The fourth-order valence-electron chi connectivity index (χ4n) is 4.10. The Labute approximate surface area is 138 Å². The fraction of sp³-hybridized carbons (Fsp3) is 0.579. The second-order valence-electron chi connectivity index (χ2n) is 7.11. The summed E-state index contributed by atoms with van der Waals surface area (Å²) in [6, 6.07) is 6.52. The molecule has 0 spiro atoms. The minimum absolute atomic E-state index is 0.746. The molecular formula is C19H26N4. The predicted molar refractivity (Wildman–Crippen MR) is 96.2 cm³/mol. The van der Waals surface area contributed by atoms with Gasteiger partial charge in [0.05, 0.1) is 10.9 Å². The molecule has 3 heterocycles. The lowest BCUT2D eigenvalue weighted by Crippen LogP contribution is -2.35. The first-order valence-corrected chi connectivity index (χ1v) is 9.06. The standard InChI is InChI=1S/C19H26N4/c1-15-7-6-12-23(13-15)19-18-16(20-14-21-19)8-5-9-17(18)22-10-3-2-4-11-22/h5,8-9,14-15H,2-4,6-7,10-13H2,1H3. The van der Waals surface area contributed by atoms with Crippen LogP contribution >= 0.6 is 0 Å². The van der Waals surface area contributed by atoms with E-state index >= 15 is 0 Å². The van der Waals surface area contributed by atoms with Gasteiger partial charge in [-0.2, -0.15) is 0 Å². The van der Waals surface area contributed by atoms with Crippen molar-refractivity contribution in [3.05, 3.63) is 24.5 Å². The molecule has 0 saturated carbocycles. The van der Waals surface area contributed by atoms with E-state index in [4.69, 9.17) is 4.98 Å². The van der Waals surface area contributed by atoms with E-state index in [0.29, 0.717) is 0 Å². The highest BCUT2D eigenvalue weighted by Gasteiger charge is 2.23. The molecule has 0 N–H and O–H groups in total. The molecule has 2 fully saturated rings. The molecular weight excluding hydrogens is 284 g/mol. The topological polar surface area (TPSA) is 32.3 Å². The number of hydrogen-bond donors (Lipinski definition) is 0. The molecule has 23 heavy (non-hydrogen) atoms. The second kappa shape index (κ2) is 6.34. The maximum absolute atomic E-state index is 4.71. The summed E-state index contributed by atoms with van der Waals surface area (Å²) in [5.41, 5.74) is 2.41. The molecule has 4 rings (SSSR count). The Kier molecular flexibility index (Phi) is 4.06. The van der Waals surface area contributed by atoms with Crippen LogP contribution in [0.3, 0.4) is 0 Å².